The number of para-hydroxylation sites is 1. The molecular weight excluding hydrogens is 240 g/mol. The van der Waals surface area contributed by atoms with Crippen molar-refractivity contribution in [3.05, 3.63) is 47.0 Å². The summed E-state index contributed by atoms with van der Waals surface area (Å²) in [5.41, 5.74) is 0.646. The van der Waals surface area contributed by atoms with Crippen molar-refractivity contribution in [2.75, 3.05) is 0 Å². The van der Waals surface area contributed by atoms with E-state index >= 15 is 0 Å². The molecule has 0 aliphatic heterocycles. The average molecular weight is 258 g/mol. The topological polar surface area (TPSA) is 47.2 Å². The first-order chi connectivity index (χ1) is 9.27. The Kier molecular flexibility index (Phi) is 3.15. The highest BCUT2D eigenvalue weighted by Crippen LogP contribution is 2.30. The van der Waals surface area contributed by atoms with Crippen molar-refractivity contribution in [3.8, 4) is 11.6 Å². The molecule has 2 aromatic rings. The van der Waals surface area contributed by atoms with Gasteiger partial charge in [0.05, 0.1) is 11.9 Å². The van der Waals surface area contributed by atoms with Crippen LogP contribution in [0.15, 0.2) is 41.3 Å². The minimum Gasteiger partial charge on any atom is -0.493 e. The van der Waals surface area contributed by atoms with Crippen LogP contribution in [0.4, 0.5) is 0 Å². The van der Waals surface area contributed by atoms with E-state index in [9.17, 15) is 9.90 Å². The fourth-order valence-corrected chi connectivity index (χ4v) is 2.90. The van der Waals surface area contributed by atoms with E-state index in [2.05, 4.69) is 0 Å². The molecule has 1 fully saturated rings. The summed E-state index contributed by atoms with van der Waals surface area (Å²) in [5.74, 6) is 0.0701. The summed E-state index contributed by atoms with van der Waals surface area (Å²) in [7, 11) is 0. The van der Waals surface area contributed by atoms with Crippen molar-refractivity contribution in [1.29, 1.82) is 0 Å². The largest absolute Gasteiger partial charge is 0.493 e. The Labute approximate surface area is 111 Å². The predicted molar refractivity (Wildman–Crippen MR) is 73.8 cm³/mol. The first-order valence-electron chi connectivity index (χ1n) is 6.85. The number of nitrogens with zero attached hydrogens (tertiary/aromatic N) is 2. The van der Waals surface area contributed by atoms with Crippen LogP contribution in [0.1, 0.15) is 38.1 Å². The van der Waals surface area contributed by atoms with E-state index in [0.29, 0.717) is 0 Å². The summed E-state index contributed by atoms with van der Waals surface area (Å²) in [6, 6.07) is 9.56. The summed E-state index contributed by atoms with van der Waals surface area (Å²) in [5, 5.41) is 10.1. The molecule has 0 radical (unpaired) electrons. The molecule has 0 spiro atoms. The normalized spacial score (nSPS) is 16.6. The second kappa shape index (κ2) is 4.96. The Morgan fingerprint density at radius 1 is 1.05 bits per heavy atom. The number of hydrogen-bond acceptors (Lipinski definition) is 2. The van der Waals surface area contributed by atoms with E-state index in [1.54, 1.807) is 4.57 Å². The molecule has 0 bridgehead atoms. The lowest BCUT2D eigenvalue weighted by Gasteiger charge is -2.22. The lowest BCUT2D eigenvalue weighted by atomic mass is 9.95. The molecule has 0 unspecified atom stereocenters. The van der Waals surface area contributed by atoms with Crippen LogP contribution in [-0.4, -0.2) is 14.2 Å². The number of aromatic hydroxyl groups is 1. The smallest absolute Gasteiger partial charge is 0.335 e. The second-order valence-electron chi connectivity index (χ2n) is 5.14. The quantitative estimate of drug-likeness (QED) is 0.900. The number of imidazole rings is 1. The molecule has 1 saturated carbocycles. The Hall–Kier alpha value is -1.97. The van der Waals surface area contributed by atoms with Gasteiger partial charge in [-0.2, -0.15) is 0 Å². The third-order valence-corrected chi connectivity index (χ3v) is 3.88. The Morgan fingerprint density at radius 2 is 1.74 bits per heavy atom. The van der Waals surface area contributed by atoms with Crippen LogP contribution >= 0.6 is 0 Å². The van der Waals surface area contributed by atoms with Crippen LogP contribution in [0.2, 0.25) is 0 Å². The van der Waals surface area contributed by atoms with Gasteiger partial charge >= 0.3 is 5.69 Å². The lowest BCUT2D eigenvalue weighted by Crippen LogP contribution is -2.27. The minimum absolute atomic E-state index is 0.0701. The molecule has 4 heteroatoms. The van der Waals surface area contributed by atoms with Gasteiger partial charge in [0.2, 0.25) is 5.88 Å². The molecule has 19 heavy (non-hydrogen) atoms. The molecule has 1 aromatic heterocycles. The van der Waals surface area contributed by atoms with Crippen LogP contribution in [0, 0.1) is 0 Å². The predicted octanol–water partition coefficient (Wildman–Crippen LogP) is 2.85. The van der Waals surface area contributed by atoms with E-state index in [4.69, 9.17) is 0 Å². The van der Waals surface area contributed by atoms with Crippen molar-refractivity contribution >= 4 is 0 Å². The number of hydrogen-bond donors (Lipinski definition) is 1. The van der Waals surface area contributed by atoms with E-state index in [1.165, 1.54) is 17.2 Å². The second-order valence-corrected chi connectivity index (χ2v) is 5.14. The molecule has 1 aromatic carbocycles. The molecular formula is C15H18N2O2. The van der Waals surface area contributed by atoms with Crippen LogP contribution in [0.5, 0.6) is 5.88 Å². The molecule has 3 rings (SSSR count). The van der Waals surface area contributed by atoms with Gasteiger partial charge in [0.15, 0.2) is 0 Å². The fraction of sp³-hybridized carbons (Fsp3) is 0.400. The van der Waals surface area contributed by atoms with Crippen LogP contribution < -0.4 is 5.69 Å². The lowest BCUT2D eigenvalue weighted by molar-refractivity contribution is 0.307. The van der Waals surface area contributed by atoms with E-state index in [-0.39, 0.29) is 17.6 Å². The van der Waals surface area contributed by atoms with Gasteiger partial charge in [0.25, 0.3) is 0 Å². The fourth-order valence-electron chi connectivity index (χ4n) is 2.90. The molecule has 1 aliphatic rings. The van der Waals surface area contributed by atoms with Gasteiger partial charge in [0, 0.05) is 6.04 Å². The Bertz CT molecular complexity index is 607. The monoisotopic (exact) mass is 258 g/mol. The highest BCUT2D eigenvalue weighted by Gasteiger charge is 2.22. The maximum absolute atomic E-state index is 12.5. The first-order valence-corrected chi connectivity index (χ1v) is 6.85. The standard InChI is InChI=1S/C15H18N2O2/c18-14-11-16(12-7-3-1-4-8-12)15(19)17(14)13-9-5-2-6-10-13/h1,3-4,7-8,11,13,18H,2,5-6,9-10H2. The van der Waals surface area contributed by atoms with Gasteiger partial charge in [-0.05, 0) is 25.0 Å². The summed E-state index contributed by atoms with van der Waals surface area (Å²) in [4.78, 5) is 12.5. The van der Waals surface area contributed by atoms with Crippen molar-refractivity contribution in [2.24, 2.45) is 0 Å². The van der Waals surface area contributed by atoms with Gasteiger partial charge in [-0.15, -0.1) is 0 Å². The average Bonchev–Trinajstić information content (AvgIpc) is 2.76. The molecule has 1 N–H and O–H groups in total. The first kappa shape index (κ1) is 12.1. The SMILES string of the molecule is O=c1n(-c2ccccc2)cc(O)n1C1CCCCC1. The third-order valence-electron chi connectivity index (χ3n) is 3.88. The van der Waals surface area contributed by atoms with Crippen LogP contribution in [0.25, 0.3) is 5.69 Å². The van der Waals surface area contributed by atoms with Crippen molar-refractivity contribution in [2.45, 2.75) is 38.1 Å². The molecule has 0 saturated heterocycles. The summed E-state index contributed by atoms with van der Waals surface area (Å²) in [6.07, 6.45) is 6.97. The van der Waals surface area contributed by atoms with Crippen LogP contribution in [0.3, 0.4) is 0 Å². The maximum Gasteiger partial charge on any atom is 0.335 e. The zero-order valence-corrected chi connectivity index (χ0v) is 10.8. The van der Waals surface area contributed by atoms with E-state index in [0.717, 1.165) is 31.4 Å². The number of benzene rings is 1. The molecule has 100 valence electrons. The van der Waals surface area contributed by atoms with Gasteiger partial charge in [-0.25, -0.2) is 4.79 Å². The zero-order chi connectivity index (χ0) is 13.2. The van der Waals surface area contributed by atoms with E-state index in [1.807, 2.05) is 30.3 Å². The van der Waals surface area contributed by atoms with Gasteiger partial charge in [-0.1, -0.05) is 37.5 Å². The highest BCUT2D eigenvalue weighted by molar-refractivity contribution is 5.32. The summed E-state index contributed by atoms with van der Waals surface area (Å²) in [6.45, 7) is 0. The minimum atomic E-state index is -0.143. The zero-order valence-electron chi connectivity index (χ0n) is 10.8. The van der Waals surface area contributed by atoms with Gasteiger partial charge in [-0.3, -0.25) is 9.13 Å². The van der Waals surface area contributed by atoms with Gasteiger partial charge < -0.3 is 5.11 Å². The molecule has 1 heterocycles. The van der Waals surface area contributed by atoms with E-state index < -0.39 is 0 Å². The molecule has 1 aliphatic carbocycles. The molecule has 4 nitrogen and oxygen atoms in total. The third kappa shape index (κ3) is 2.18. The number of rotatable bonds is 2. The summed E-state index contributed by atoms with van der Waals surface area (Å²) < 4.78 is 3.07. The van der Waals surface area contributed by atoms with Crippen molar-refractivity contribution in [1.82, 2.24) is 9.13 Å². The molecule has 0 atom stereocenters. The number of aromatic nitrogens is 2. The van der Waals surface area contributed by atoms with Crippen molar-refractivity contribution in [3.63, 3.8) is 0 Å². The molecule has 0 amide bonds. The summed E-state index contributed by atoms with van der Waals surface area (Å²) >= 11 is 0. The maximum atomic E-state index is 12.5. The van der Waals surface area contributed by atoms with Crippen LogP contribution in [-0.2, 0) is 0 Å². The van der Waals surface area contributed by atoms with Crippen molar-refractivity contribution < 1.29 is 5.11 Å². The Balaban J connectivity index is 2.03. The Morgan fingerprint density at radius 3 is 2.42 bits per heavy atom. The van der Waals surface area contributed by atoms with Gasteiger partial charge in [0.1, 0.15) is 0 Å². The highest BCUT2D eigenvalue weighted by atomic mass is 16.3.